The highest BCUT2D eigenvalue weighted by atomic mass is 32.2. The lowest BCUT2D eigenvalue weighted by Gasteiger charge is -2.17. The lowest BCUT2D eigenvalue weighted by molar-refractivity contribution is -0.120. The van der Waals surface area contributed by atoms with Crippen molar-refractivity contribution in [2.75, 3.05) is 12.3 Å². The van der Waals surface area contributed by atoms with E-state index in [-0.39, 0.29) is 17.1 Å². The minimum absolute atomic E-state index is 0.0167. The SMILES string of the molecule is CC(SCC(O)c1ccccc1)C(=O)NCC(C)c1ccccc1. The summed E-state index contributed by atoms with van der Waals surface area (Å²) >= 11 is 1.47. The molecule has 0 aliphatic rings. The molecule has 128 valence electrons. The molecule has 0 radical (unpaired) electrons. The molecule has 2 N–H and O–H groups in total. The van der Waals surface area contributed by atoms with Crippen LogP contribution in [-0.4, -0.2) is 28.6 Å². The molecular weight excluding hydrogens is 318 g/mol. The maximum atomic E-state index is 12.2. The third-order valence-electron chi connectivity index (χ3n) is 4.01. The van der Waals surface area contributed by atoms with Crippen LogP contribution in [0.25, 0.3) is 0 Å². The van der Waals surface area contributed by atoms with Crippen LogP contribution in [0.1, 0.15) is 37.0 Å². The smallest absolute Gasteiger partial charge is 0.232 e. The number of aliphatic hydroxyl groups excluding tert-OH is 1. The van der Waals surface area contributed by atoms with Crippen molar-refractivity contribution in [3.05, 3.63) is 71.8 Å². The highest BCUT2D eigenvalue weighted by Gasteiger charge is 2.17. The highest BCUT2D eigenvalue weighted by molar-refractivity contribution is 8.00. The number of thioether (sulfide) groups is 1. The Kier molecular flexibility index (Phi) is 7.35. The van der Waals surface area contributed by atoms with Gasteiger partial charge in [-0.15, -0.1) is 11.8 Å². The monoisotopic (exact) mass is 343 g/mol. The fourth-order valence-electron chi connectivity index (χ4n) is 2.38. The van der Waals surface area contributed by atoms with E-state index in [1.54, 1.807) is 0 Å². The van der Waals surface area contributed by atoms with E-state index in [4.69, 9.17) is 0 Å². The molecule has 0 aliphatic heterocycles. The second-order valence-electron chi connectivity index (χ2n) is 5.96. The van der Waals surface area contributed by atoms with E-state index >= 15 is 0 Å². The molecule has 0 saturated carbocycles. The minimum atomic E-state index is -0.547. The maximum absolute atomic E-state index is 12.2. The normalized spacial score (nSPS) is 14.6. The zero-order chi connectivity index (χ0) is 17.4. The third-order valence-corrected chi connectivity index (χ3v) is 5.23. The number of carbonyl (C=O) groups is 1. The number of hydrogen-bond acceptors (Lipinski definition) is 3. The van der Waals surface area contributed by atoms with E-state index in [0.29, 0.717) is 12.3 Å². The topological polar surface area (TPSA) is 49.3 Å². The molecule has 2 aromatic carbocycles. The van der Waals surface area contributed by atoms with Gasteiger partial charge in [0.1, 0.15) is 0 Å². The van der Waals surface area contributed by atoms with Gasteiger partial charge >= 0.3 is 0 Å². The quantitative estimate of drug-likeness (QED) is 0.767. The van der Waals surface area contributed by atoms with E-state index < -0.39 is 6.10 Å². The molecule has 3 nitrogen and oxygen atoms in total. The Morgan fingerprint density at radius 1 is 1.00 bits per heavy atom. The number of hydrogen-bond donors (Lipinski definition) is 2. The van der Waals surface area contributed by atoms with E-state index in [0.717, 1.165) is 5.56 Å². The molecule has 0 aromatic heterocycles. The van der Waals surface area contributed by atoms with E-state index in [2.05, 4.69) is 24.4 Å². The molecule has 0 saturated heterocycles. The molecule has 0 heterocycles. The van der Waals surface area contributed by atoms with Crippen molar-refractivity contribution in [3.8, 4) is 0 Å². The molecule has 0 aliphatic carbocycles. The fraction of sp³-hybridized carbons (Fsp3) is 0.350. The lowest BCUT2D eigenvalue weighted by Crippen LogP contribution is -2.34. The van der Waals surface area contributed by atoms with Crippen LogP contribution in [0.4, 0.5) is 0 Å². The maximum Gasteiger partial charge on any atom is 0.232 e. The summed E-state index contributed by atoms with van der Waals surface area (Å²) in [5.41, 5.74) is 2.10. The van der Waals surface area contributed by atoms with Crippen molar-refractivity contribution in [2.45, 2.75) is 31.1 Å². The molecule has 0 fully saturated rings. The Labute approximate surface area is 148 Å². The number of aliphatic hydroxyl groups is 1. The van der Waals surface area contributed by atoms with E-state index in [1.165, 1.54) is 17.3 Å². The van der Waals surface area contributed by atoms with Crippen LogP contribution >= 0.6 is 11.8 Å². The minimum Gasteiger partial charge on any atom is -0.388 e. The molecule has 2 rings (SSSR count). The summed E-state index contributed by atoms with van der Waals surface area (Å²) in [6.07, 6.45) is -0.547. The molecule has 0 bridgehead atoms. The molecular formula is C20H25NO2S. The first-order valence-corrected chi connectivity index (χ1v) is 9.30. The van der Waals surface area contributed by atoms with Gasteiger partial charge in [-0.2, -0.15) is 0 Å². The van der Waals surface area contributed by atoms with Crippen molar-refractivity contribution in [1.82, 2.24) is 5.32 Å². The third kappa shape index (κ3) is 5.69. The zero-order valence-electron chi connectivity index (χ0n) is 14.2. The summed E-state index contributed by atoms with van der Waals surface area (Å²) in [6.45, 7) is 4.60. The Balaban J connectivity index is 1.74. The van der Waals surface area contributed by atoms with Crippen molar-refractivity contribution in [3.63, 3.8) is 0 Å². The summed E-state index contributed by atoms with van der Waals surface area (Å²) in [6, 6.07) is 19.7. The predicted molar refractivity (Wildman–Crippen MR) is 101 cm³/mol. The number of rotatable bonds is 8. The summed E-state index contributed by atoms with van der Waals surface area (Å²) in [5, 5.41) is 13.0. The first-order valence-electron chi connectivity index (χ1n) is 8.25. The van der Waals surface area contributed by atoms with Crippen molar-refractivity contribution >= 4 is 17.7 Å². The first-order chi connectivity index (χ1) is 11.6. The molecule has 0 spiro atoms. The van der Waals surface area contributed by atoms with E-state index in [1.807, 2.05) is 55.5 Å². The van der Waals surface area contributed by atoms with Crippen LogP contribution in [0.5, 0.6) is 0 Å². The molecule has 24 heavy (non-hydrogen) atoms. The average molecular weight is 343 g/mol. The van der Waals surface area contributed by atoms with E-state index in [9.17, 15) is 9.90 Å². The lowest BCUT2D eigenvalue weighted by atomic mass is 10.0. The van der Waals surface area contributed by atoms with Crippen molar-refractivity contribution < 1.29 is 9.90 Å². The molecule has 4 heteroatoms. The van der Waals surface area contributed by atoms with Gasteiger partial charge in [0, 0.05) is 12.3 Å². The van der Waals surface area contributed by atoms with Crippen LogP contribution in [0.2, 0.25) is 0 Å². The highest BCUT2D eigenvalue weighted by Crippen LogP contribution is 2.21. The number of carbonyl (C=O) groups excluding carboxylic acids is 1. The Hall–Kier alpha value is -1.78. The molecule has 1 amide bonds. The number of nitrogens with one attached hydrogen (secondary N) is 1. The van der Waals surface area contributed by atoms with Crippen LogP contribution in [0, 0.1) is 0 Å². The fourth-order valence-corrected chi connectivity index (χ4v) is 3.28. The zero-order valence-corrected chi connectivity index (χ0v) is 15.0. The second kappa shape index (κ2) is 9.50. The largest absolute Gasteiger partial charge is 0.388 e. The van der Waals surface area contributed by atoms with Gasteiger partial charge in [-0.3, -0.25) is 4.79 Å². The molecule has 2 aromatic rings. The van der Waals surface area contributed by atoms with Gasteiger partial charge in [-0.25, -0.2) is 0 Å². The molecule has 3 atom stereocenters. The average Bonchev–Trinajstić information content (AvgIpc) is 2.64. The van der Waals surface area contributed by atoms with Gasteiger partial charge in [-0.05, 0) is 24.0 Å². The van der Waals surface area contributed by atoms with Gasteiger partial charge in [-0.1, -0.05) is 67.6 Å². The number of amides is 1. The summed E-state index contributed by atoms with van der Waals surface area (Å²) in [7, 11) is 0. The van der Waals surface area contributed by atoms with Gasteiger partial charge in [0.15, 0.2) is 0 Å². The Morgan fingerprint density at radius 2 is 1.54 bits per heavy atom. The Bertz CT molecular complexity index is 618. The second-order valence-corrected chi connectivity index (χ2v) is 7.33. The van der Waals surface area contributed by atoms with Gasteiger partial charge < -0.3 is 10.4 Å². The first kappa shape index (κ1) is 18.6. The number of benzene rings is 2. The predicted octanol–water partition coefficient (Wildman–Crippen LogP) is 3.76. The Morgan fingerprint density at radius 3 is 2.12 bits per heavy atom. The van der Waals surface area contributed by atoms with Crippen molar-refractivity contribution in [1.29, 1.82) is 0 Å². The van der Waals surface area contributed by atoms with Crippen LogP contribution in [0.3, 0.4) is 0 Å². The summed E-state index contributed by atoms with van der Waals surface area (Å²) < 4.78 is 0. The van der Waals surface area contributed by atoms with Gasteiger partial charge in [0.2, 0.25) is 5.91 Å². The summed E-state index contributed by atoms with van der Waals surface area (Å²) in [4.78, 5) is 12.2. The molecule has 3 unspecified atom stereocenters. The van der Waals surface area contributed by atoms with Crippen molar-refractivity contribution in [2.24, 2.45) is 0 Å². The van der Waals surface area contributed by atoms with Gasteiger partial charge in [0.05, 0.1) is 11.4 Å². The van der Waals surface area contributed by atoms with Crippen LogP contribution in [0.15, 0.2) is 60.7 Å². The van der Waals surface area contributed by atoms with Gasteiger partial charge in [0.25, 0.3) is 0 Å². The standard InChI is InChI=1S/C20H25NO2S/c1-15(17-9-5-3-6-10-17)13-21-20(23)16(2)24-14-19(22)18-11-7-4-8-12-18/h3-12,15-16,19,22H,13-14H2,1-2H3,(H,21,23). The summed E-state index contributed by atoms with van der Waals surface area (Å²) in [5.74, 6) is 0.803. The van der Waals surface area contributed by atoms with Crippen LogP contribution in [-0.2, 0) is 4.79 Å². The van der Waals surface area contributed by atoms with Crippen LogP contribution < -0.4 is 5.32 Å².